The molecule has 2 N–H and O–H groups in total. The lowest BCUT2D eigenvalue weighted by molar-refractivity contribution is 0.0730. The topological polar surface area (TPSA) is 59.2 Å². The van der Waals surface area contributed by atoms with E-state index >= 15 is 0 Å². The summed E-state index contributed by atoms with van der Waals surface area (Å²) in [7, 11) is 0. The Bertz CT molecular complexity index is 641. The number of halogens is 1. The van der Waals surface area contributed by atoms with Crippen molar-refractivity contribution in [1.82, 2.24) is 9.88 Å². The Labute approximate surface area is 119 Å². The summed E-state index contributed by atoms with van der Waals surface area (Å²) in [5.74, 6) is 0.148. The fourth-order valence-electron chi connectivity index (χ4n) is 2.18. The van der Waals surface area contributed by atoms with Crippen LogP contribution in [-0.4, -0.2) is 22.3 Å². The van der Waals surface area contributed by atoms with Gasteiger partial charge in [-0.05, 0) is 35.6 Å². The maximum absolute atomic E-state index is 12.4. The molecule has 6 heteroatoms. The van der Waals surface area contributed by atoms with Crippen LogP contribution in [0.1, 0.15) is 20.9 Å². The SMILES string of the molecule is Nc1ccc(Cl)c(C(=O)N2CCc3sccc3C2)n1. The Balaban J connectivity index is 1.87. The van der Waals surface area contributed by atoms with Crippen molar-refractivity contribution in [3.63, 3.8) is 0 Å². The molecule has 0 atom stereocenters. The van der Waals surface area contributed by atoms with Crippen LogP contribution < -0.4 is 5.73 Å². The van der Waals surface area contributed by atoms with Crippen molar-refractivity contribution in [2.45, 2.75) is 13.0 Å². The van der Waals surface area contributed by atoms with Crippen LogP contribution in [0.3, 0.4) is 0 Å². The minimum absolute atomic E-state index is 0.158. The van der Waals surface area contributed by atoms with Gasteiger partial charge in [0, 0.05) is 18.0 Å². The van der Waals surface area contributed by atoms with Crippen LogP contribution in [-0.2, 0) is 13.0 Å². The van der Waals surface area contributed by atoms with E-state index in [1.165, 1.54) is 10.4 Å². The molecule has 1 aliphatic heterocycles. The van der Waals surface area contributed by atoms with Gasteiger partial charge < -0.3 is 10.6 Å². The molecule has 0 spiro atoms. The number of rotatable bonds is 1. The molecule has 2 aromatic rings. The minimum Gasteiger partial charge on any atom is -0.384 e. The quantitative estimate of drug-likeness (QED) is 0.879. The number of carbonyl (C=O) groups is 1. The van der Waals surface area contributed by atoms with E-state index in [1.54, 1.807) is 28.4 Å². The van der Waals surface area contributed by atoms with Gasteiger partial charge in [-0.2, -0.15) is 0 Å². The van der Waals surface area contributed by atoms with E-state index in [4.69, 9.17) is 17.3 Å². The highest BCUT2D eigenvalue weighted by Gasteiger charge is 2.25. The summed E-state index contributed by atoms with van der Waals surface area (Å²) in [4.78, 5) is 19.6. The van der Waals surface area contributed by atoms with Crippen LogP contribution in [0.25, 0.3) is 0 Å². The molecule has 0 unspecified atom stereocenters. The van der Waals surface area contributed by atoms with Gasteiger partial charge in [0.25, 0.3) is 5.91 Å². The Morgan fingerprint density at radius 1 is 1.42 bits per heavy atom. The average molecular weight is 294 g/mol. The van der Waals surface area contributed by atoms with Gasteiger partial charge in [0.15, 0.2) is 0 Å². The normalized spacial score (nSPS) is 14.3. The van der Waals surface area contributed by atoms with Gasteiger partial charge in [-0.25, -0.2) is 4.98 Å². The number of hydrogen-bond acceptors (Lipinski definition) is 4. The van der Waals surface area contributed by atoms with Gasteiger partial charge in [0.1, 0.15) is 11.5 Å². The zero-order chi connectivity index (χ0) is 13.4. The standard InChI is InChI=1S/C13H12ClN3OS/c14-9-1-2-11(15)16-12(9)13(18)17-5-3-10-8(7-17)4-6-19-10/h1-2,4,6H,3,5,7H2,(H2,15,16). The number of amides is 1. The second-order valence-electron chi connectivity index (χ2n) is 4.41. The summed E-state index contributed by atoms with van der Waals surface area (Å²) in [6, 6.07) is 5.26. The average Bonchev–Trinajstić information content (AvgIpc) is 2.88. The molecule has 0 aliphatic carbocycles. The third kappa shape index (κ3) is 2.31. The lowest BCUT2D eigenvalue weighted by Crippen LogP contribution is -2.36. The van der Waals surface area contributed by atoms with Crippen molar-refractivity contribution in [1.29, 1.82) is 0 Å². The molecule has 19 heavy (non-hydrogen) atoms. The number of aromatic nitrogens is 1. The number of hydrogen-bond donors (Lipinski definition) is 1. The number of thiophene rings is 1. The first kappa shape index (κ1) is 12.4. The third-order valence-electron chi connectivity index (χ3n) is 3.17. The van der Waals surface area contributed by atoms with Crippen molar-refractivity contribution in [3.8, 4) is 0 Å². The number of nitrogens with zero attached hydrogens (tertiary/aromatic N) is 2. The Morgan fingerprint density at radius 3 is 3.11 bits per heavy atom. The first-order valence-electron chi connectivity index (χ1n) is 5.91. The molecule has 3 heterocycles. The molecule has 0 bridgehead atoms. The monoisotopic (exact) mass is 293 g/mol. The lowest BCUT2D eigenvalue weighted by atomic mass is 10.1. The molecule has 0 fully saturated rings. The van der Waals surface area contributed by atoms with Crippen LogP contribution in [0.4, 0.5) is 5.82 Å². The molecule has 2 aromatic heterocycles. The zero-order valence-corrected chi connectivity index (χ0v) is 11.7. The number of nitrogen functional groups attached to an aromatic ring is 1. The van der Waals surface area contributed by atoms with Gasteiger partial charge >= 0.3 is 0 Å². The van der Waals surface area contributed by atoms with Gasteiger partial charge in [-0.3, -0.25) is 4.79 Å². The van der Waals surface area contributed by atoms with Crippen LogP contribution in [0, 0.1) is 0 Å². The summed E-state index contributed by atoms with van der Waals surface area (Å²) in [5.41, 5.74) is 7.07. The summed E-state index contributed by atoms with van der Waals surface area (Å²) in [6.07, 6.45) is 0.888. The van der Waals surface area contributed by atoms with Crippen molar-refractivity contribution < 1.29 is 4.79 Å². The van der Waals surface area contributed by atoms with E-state index in [0.717, 1.165) is 6.42 Å². The number of carbonyl (C=O) groups excluding carboxylic acids is 1. The molecule has 0 saturated carbocycles. The highest BCUT2D eigenvalue weighted by atomic mass is 35.5. The largest absolute Gasteiger partial charge is 0.384 e. The third-order valence-corrected chi connectivity index (χ3v) is 4.49. The van der Waals surface area contributed by atoms with Gasteiger partial charge in [0.2, 0.25) is 0 Å². The highest BCUT2D eigenvalue weighted by Crippen LogP contribution is 2.26. The fourth-order valence-corrected chi connectivity index (χ4v) is 3.25. The smallest absolute Gasteiger partial charge is 0.274 e. The first-order chi connectivity index (χ1) is 9.15. The fraction of sp³-hybridized carbons (Fsp3) is 0.231. The van der Waals surface area contributed by atoms with E-state index in [0.29, 0.717) is 23.9 Å². The van der Waals surface area contributed by atoms with E-state index in [2.05, 4.69) is 16.4 Å². The van der Waals surface area contributed by atoms with Crippen molar-refractivity contribution in [2.75, 3.05) is 12.3 Å². The molecule has 0 saturated heterocycles. The number of fused-ring (bicyclic) bond motifs is 1. The van der Waals surface area contributed by atoms with E-state index in [9.17, 15) is 4.79 Å². The Kier molecular flexibility index (Phi) is 3.16. The second-order valence-corrected chi connectivity index (χ2v) is 5.82. The molecule has 1 aliphatic rings. The molecular weight excluding hydrogens is 282 g/mol. The van der Waals surface area contributed by atoms with Crippen LogP contribution >= 0.6 is 22.9 Å². The molecule has 3 rings (SSSR count). The van der Waals surface area contributed by atoms with Gasteiger partial charge in [-0.1, -0.05) is 11.6 Å². The summed E-state index contributed by atoms with van der Waals surface area (Å²) in [6.45, 7) is 1.31. The predicted octanol–water partition coefficient (Wildman–Crippen LogP) is 2.58. The van der Waals surface area contributed by atoms with Crippen LogP contribution in [0.15, 0.2) is 23.6 Å². The number of anilines is 1. The van der Waals surface area contributed by atoms with E-state index in [-0.39, 0.29) is 11.6 Å². The van der Waals surface area contributed by atoms with E-state index < -0.39 is 0 Å². The maximum Gasteiger partial charge on any atom is 0.274 e. The lowest BCUT2D eigenvalue weighted by Gasteiger charge is -2.27. The Morgan fingerprint density at radius 2 is 2.26 bits per heavy atom. The van der Waals surface area contributed by atoms with E-state index in [1.807, 2.05) is 0 Å². The summed E-state index contributed by atoms with van der Waals surface area (Å²) in [5, 5.41) is 2.40. The molecular formula is C13H12ClN3OS. The summed E-state index contributed by atoms with van der Waals surface area (Å²) >= 11 is 7.77. The van der Waals surface area contributed by atoms with Crippen LogP contribution in [0.5, 0.6) is 0 Å². The number of nitrogens with two attached hydrogens (primary N) is 1. The van der Waals surface area contributed by atoms with Crippen molar-refractivity contribution in [3.05, 3.63) is 44.7 Å². The van der Waals surface area contributed by atoms with Gasteiger partial charge in [-0.15, -0.1) is 11.3 Å². The number of pyridine rings is 1. The molecule has 98 valence electrons. The highest BCUT2D eigenvalue weighted by molar-refractivity contribution is 7.10. The first-order valence-corrected chi connectivity index (χ1v) is 7.17. The second kappa shape index (κ2) is 4.83. The van der Waals surface area contributed by atoms with Crippen molar-refractivity contribution >= 4 is 34.7 Å². The van der Waals surface area contributed by atoms with Gasteiger partial charge in [0.05, 0.1) is 5.02 Å². The molecule has 0 aromatic carbocycles. The van der Waals surface area contributed by atoms with Crippen molar-refractivity contribution in [2.24, 2.45) is 0 Å². The van der Waals surface area contributed by atoms with Crippen LogP contribution in [0.2, 0.25) is 5.02 Å². The molecule has 0 radical (unpaired) electrons. The molecule has 1 amide bonds. The Hall–Kier alpha value is -1.59. The predicted molar refractivity (Wildman–Crippen MR) is 76.4 cm³/mol. The minimum atomic E-state index is -0.158. The zero-order valence-electron chi connectivity index (χ0n) is 10.1. The molecule has 4 nitrogen and oxygen atoms in total. The summed E-state index contributed by atoms with van der Waals surface area (Å²) < 4.78 is 0. The maximum atomic E-state index is 12.4.